The minimum atomic E-state index is -1.36. The Morgan fingerprint density at radius 1 is 1.21 bits per heavy atom. The summed E-state index contributed by atoms with van der Waals surface area (Å²) in [5, 5.41) is 0. The Kier molecular flexibility index (Phi) is 3.38. The molecule has 1 nitrogen and oxygen atoms in total. The molecule has 0 N–H and O–H groups in total. The summed E-state index contributed by atoms with van der Waals surface area (Å²) in [7, 11) is 0. The van der Waals surface area contributed by atoms with Crippen LogP contribution in [0.4, 0.5) is 0 Å². The van der Waals surface area contributed by atoms with Crippen LogP contribution < -0.4 is 0 Å². The molecule has 1 fully saturated rings. The summed E-state index contributed by atoms with van der Waals surface area (Å²) < 4.78 is 4.75. The highest BCUT2D eigenvalue weighted by molar-refractivity contribution is 6.68. The standard InChI is InChI=1S/C15H15Cl3O/c1-10-4-2-3-5-11(10)12-6-7-13(15(16,17)18)19-14(12)8-9-14/h2-6,13H,7-9H2,1H3. The van der Waals surface area contributed by atoms with E-state index < -0.39 is 3.79 Å². The second kappa shape index (κ2) is 4.66. The van der Waals surface area contributed by atoms with Crippen LogP contribution in [0.1, 0.15) is 30.4 Å². The Bertz CT molecular complexity index is 526. The summed E-state index contributed by atoms with van der Waals surface area (Å²) in [5.74, 6) is 0. The van der Waals surface area contributed by atoms with E-state index in [4.69, 9.17) is 39.5 Å². The molecule has 1 atom stereocenters. The van der Waals surface area contributed by atoms with E-state index in [1.54, 1.807) is 0 Å². The monoisotopic (exact) mass is 316 g/mol. The third-order valence-electron chi connectivity index (χ3n) is 3.90. The number of hydrogen-bond donors (Lipinski definition) is 0. The van der Waals surface area contributed by atoms with E-state index in [0.717, 1.165) is 12.8 Å². The molecule has 1 heterocycles. The van der Waals surface area contributed by atoms with Crippen molar-refractivity contribution in [3.8, 4) is 0 Å². The van der Waals surface area contributed by atoms with Gasteiger partial charge in [0.2, 0.25) is 3.79 Å². The predicted molar refractivity (Wildman–Crippen MR) is 80.9 cm³/mol. The number of alkyl halides is 3. The van der Waals surface area contributed by atoms with Gasteiger partial charge < -0.3 is 4.74 Å². The molecule has 1 aromatic rings. The molecule has 1 aliphatic carbocycles. The van der Waals surface area contributed by atoms with Crippen molar-refractivity contribution >= 4 is 40.4 Å². The number of halogens is 3. The van der Waals surface area contributed by atoms with Crippen LogP contribution >= 0.6 is 34.8 Å². The van der Waals surface area contributed by atoms with Crippen LogP contribution in [0.5, 0.6) is 0 Å². The first-order valence-corrected chi connectivity index (χ1v) is 7.57. The van der Waals surface area contributed by atoms with E-state index in [9.17, 15) is 0 Å². The molecule has 0 bridgehead atoms. The Balaban J connectivity index is 1.96. The van der Waals surface area contributed by atoms with Crippen LogP contribution in [0.2, 0.25) is 0 Å². The maximum atomic E-state index is 6.11. The molecule has 1 aliphatic heterocycles. The second-order valence-electron chi connectivity index (χ2n) is 5.31. The third-order valence-corrected chi connectivity index (χ3v) is 4.63. The quantitative estimate of drug-likeness (QED) is 0.657. The lowest BCUT2D eigenvalue weighted by Gasteiger charge is -2.35. The predicted octanol–water partition coefficient (Wildman–Crippen LogP) is 5.07. The van der Waals surface area contributed by atoms with Gasteiger partial charge in [-0.05, 0) is 42.9 Å². The average Bonchev–Trinajstić information content (AvgIpc) is 3.09. The minimum Gasteiger partial charge on any atom is -0.362 e. The van der Waals surface area contributed by atoms with E-state index in [-0.39, 0.29) is 11.7 Å². The molecule has 2 aliphatic rings. The highest BCUT2D eigenvalue weighted by atomic mass is 35.6. The maximum absolute atomic E-state index is 6.11. The molecule has 102 valence electrons. The fourth-order valence-electron chi connectivity index (χ4n) is 2.73. The van der Waals surface area contributed by atoms with Crippen molar-refractivity contribution in [1.82, 2.24) is 0 Å². The van der Waals surface area contributed by atoms with Crippen molar-refractivity contribution in [2.24, 2.45) is 0 Å². The maximum Gasteiger partial charge on any atom is 0.216 e. The van der Waals surface area contributed by atoms with Crippen molar-refractivity contribution in [2.75, 3.05) is 0 Å². The Morgan fingerprint density at radius 3 is 2.47 bits per heavy atom. The van der Waals surface area contributed by atoms with Crippen LogP contribution in [0, 0.1) is 6.92 Å². The summed E-state index contributed by atoms with van der Waals surface area (Å²) in [6.45, 7) is 2.12. The molecular weight excluding hydrogens is 303 g/mol. The van der Waals surface area contributed by atoms with Crippen molar-refractivity contribution in [1.29, 1.82) is 0 Å². The first-order chi connectivity index (χ1) is 8.92. The largest absolute Gasteiger partial charge is 0.362 e. The number of benzene rings is 1. The van der Waals surface area contributed by atoms with Gasteiger partial charge >= 0.3 is 0 Å². The smallest absolute Gasteiger partial charge is 0.216 e. The van der Waals surface area contributed by atoms with E-state index in [0.29, 0.717) is 6.42 Å². The van der Waals surface area contributed by atoms with E-state index in [1.807, 2.05) is 6.07 Å². The lowest BCUT2D eigenvalue weighted by molar-refractivity contribution is -0.000580. The summed E-state index contributed by atoms with van der Waals surface area (Å²) in [6.07, 6.45) is 4.48. The first kappa shape index (κ1) is 13.8. The molecule has 1 saturated carbocycles. The van der Waals surface area contributed by atoms with Crippen LogP contribution in [0.3, 0.4) is 0 Å². The Morgan fingerprint density at radius 2 is 1.89 bits per heavy atom. The van der Waals surface area contributed by atoms with Crippen molar-refractivity contribution in [2.45, 2.75) is 41.7 Å². The highest BCUT2D eigenvalue weighted by Crippen LogP contribution is 2.56. The lowest BCUT2D eigenvalue weighted by atomic mass is 9.91. The van der Waals surface area contributed by atoms with Gasteiger partial charge in [0, 0.05) is 0 Å². The number of aryl methyl sites for hydroxylation is 1. The normalized spacial score (nSPS) is 25.3. The number of hydrogen-bond acceptors (Lipinski definition) is 1. The van der Waals surface area contributed by atoms with E-state index >= 15 is 0 Å². The van der Waals surface area contributed by atoms with Crippen LogP contribution in [-0.4, -0.2) is 15.5 Å². The topological polar surface area (TPSA) is 9.23 Å². The molecule has 4 heteroatoms. The molecule has 1 spiro atoms. The van der Waals surface area contributed by atoms with Gasteiger partial charge in [-0.3, -0.25) is 0 Å². The van der Waals surface area contributed by atoms with Gasteiger partial charge in [-0.1, -0.05) is 65.1 Å². The summed E-state index contributed by atoms with van der Waals surface area (Å²) in [6, 6.07) is 8.36. The van der Waals surface area contributed by atoms with E-state index in [1.165, 1.54) is 16.7 Å². The Labute approximate surface area is 128 Å². The van der Waals surface area contributed by atoms with Gasteiger partial charge in [0.15, 0.2) is 0 Å². The van der Waals surface area contributed by atoms with Gasteiger partial charge in [0.25, 0.3) is 0 Å². The van der Waals surface area contributed by atoms with Crippen molar-refractivity contribution in [3.05, 3.63) is 41.5 Å². The number of rotatable bonds is 1. The molecule has 0 saturated heterocycles. The average molecular weight is 318 g/mol. The third kappa shape index (κ3) is 2.54. The number of ether oxygens (including phenoxy) is 1. The molecule has 1 unspecified atom stereocenters. The molecule has 0 aromatic heterocycles. The summed E-state index contributed by atoms with van der Waals surface area (Å²) in [4.78, 5) is 0. The summed E-state index contributed by atoms with van der Waals surface area (Å²) >= 11 is 17.9. The minimum absolute atomic E-state index is 0.223. The zero-order valence-corrected chi connectivity index (χ0v) is 12.9. The molecule has 0 amide bonds. The highest BCUT2D eigenvalue weighted by Gasteiger charge is 2.54. The van der Waals surface area contributed by atoms with Crippen LogP contribution in [0.25, 0.3) is 5.57 Å². The van der Waals surface area contributed by atoms with Gasteiger partial charge in [-0.25, -0.2) is 0 Å². The SMILES string of the molecule is Cc1ccccc1C1=CCC(C(Cl)(Cl)Cl)OC12CC2. The molecule has 0 radical (unpaired) electrons. The first-order valence-electron chi connectivity index (χ1n) is 6.44. The fraction of sp³-hybridized carbons (Fsp3) is 0.467. The van der Waals surface area contributed by atoms with Gasteiger partial charge in [-0.15, -0.1) is 0 Å². The van der Waals surface area contributed by atoms with Gasteiger partial charge in [0.05, 0.1) is 5.60 Å². The summed E-state index contributed by atoms with van der Waals surface area (Å²) in [5.41, 5.74) is 3.55. The van der Waals surface area contributed by atoms with Gasteiger partial charge in [-0.2, -0.15) is 0 Å². The van der Waals surface area contributed by atoms with Crippen molar-refractivity contribution < 1.29 is 4.74 Å². The fourth-order valence-corrected chi connectivity index (χ4v) is 3.13. The van der Waals surface area contributed by atoms with Crippen LogP contribution in [0.15, 0.2) is 30.3 Å². The molecule has 3 rings (SSSR count). The molecule has 19 heavy (non-hydrogen) atoms. The van der Waals surface area contributed by atoms with Crippen molar-refractivity contribution in [3.63, 3.8) is 0 Å². The molecular formula is C15H15Cl3O. The molecule has 1 aromatic carbocycles. The zero-order chi connectivity index (χ0) is 13.7. The Hall–Kier alpha value is -0.210. The van der Waals surface area contributed by atoms with E-state index in [2.05, 4.69) is 31.2 Å². The zero-order valence-electron chi connectivity index (χ0n) is 10.6. The van der Waals surface area contributed by atoms with Gasteiger partial charge in [0.1, 0.15) is 6.10 Å². The second-order valence-corrected chi connectivity index (χ2v) is 7.68. The van der Waals surface area contributed by atoms with Crippen LogP contribution in [-0.2, 0) is 4.74 Å². The lowest BCUT2D eigenvalue weighted by Crippen LogP contribution is -2.37.